The summed E-state index contributed by atoms with van der Waals surface area (Å²) >= 11 is 14.1. The van der Waals surface area contributed by atoms with E-state index in [-0.39, 0.29) is 11.2 Å². The minimum atomic E-state index is -0.681. The van der Waals surface area contributed by atoms with Crippen LogP contribution in [0.4, 0.5) is 0 Å². The zero-order valence-corrected chi connectivity index (χ0v) is 14.8. The van der Waals surface area contributed by atoms with Crippen molar-refractivity contribution in [2.24, 2.45) is 5.92 Å². The summed E-state index contributed by atoms with van der Waals surface area (Å²) in [7, 11) is 0. The third-order valence-corrected chi connectivity index (χ3v) is 6.00. The van der Waals surface area contributed by atoms with E-state index in [4.69, 9.17) is 27.6 Å². The second-order valence-electron chi connectivity index (χ2n) is 5.64. The summed E-state index contributed by atoms with van der Waals surface area (Å²) in [6.45, 7) is 0. The van der Waals surface area contributed by atoms with Crippen molar-refractivity contribution < 1.29 is 4.42 Å². The SMILES string of the molecule is ClC1(Cl)CC1C(Sc1nnc(-c2cccnc2)o1)c1ccccc1. The maximum absolute atomic E-state index is 6.30. The molecule has 3 aromatic rings. The Kier molecular flexibility index (Phi) is 4.24. The molecule has 4 rings (SSSR count). The van der Waals surface area contributed by atoms with Gasteiger partial charge in [-0.3, -0.25) is 4.98 Å². The summed E-state index contributed by atoms with van der Waals surface area (Å²) in [5.41, 5.74) is 1.94. The van der Waals surface area contributed by atoms with E-state index in [1.54, 1.807) is 12.4 Å². The number of benzene rings is 1. The fourth-order valence-electron chi connectivity index (χ4n) is 2.56. The van der Waals surface area contributed by atoms with Crippen LogP contribution < -0.4 is 0 Å². The highest BCUT2D eigenvalue weighted by atomic mass is 35.5. The van der Waals surface area contributed by atoms with E-state index in [0.717, 1.165) is 17.5 Å². The molecule has 2 unspecified atom stereocenters. The summed E-state index contributed by atoms with van der Waals surface area (Å²) in [4.78, 5) is 4.07. The Labute approximate surface area is 153 Å². The average Bonchev–Trinajstić information content (AvgIpc) is 3.03. The van der Waals surface area contributed by atoms with Gasteiger partial charge in [0, 0.05) is 23.6 Å². The van der Waals surface area contributed by atoms with E-state index in [1.165, 1.54) is 11.8 Å². The van der Waals surface area contributed by atoms with Gasteiger partial charge in [0.2, 0.25) is 5.89 Å². The second kappa shape index (κ2) is 6.39. The summed E-state index contributed by atoms with van der Waals surface area (Å²) in [6, 6.07) is 13.8. The Balaban J connectivity index is 1.59. The Morgan fingerprint density at radius 2 is 1.92 bits per heavy atom. The fraction of sp³-hybridized carbons (Fsp3) is 0.235. The molecule has 2 atom stereocenters. The van der Waals surface area contributed by atoms with Crippen molar-refractivity contribution in [1.29, 1.82) is 0 Å². The zero-order chi connectivity index (χ0) is 16.6. The molecule has 2 heterocycles. The molecule has 122 valence electrons. The van der Waals surface area contributed by atoms with Gasteiger partial charge in [-0.2, -0.15) is 0 Å². The first kappa shape index (κ1) is 15.9. The maximum Gasteiger partial charge on any atom is 0.277 e. The molecular weight excluding hydrogens is 365 g/mol. The minimum absolute atomic E-state index is 0.0726. The van der Waals surface area contributed by atoms with Crippen molar-refractivity contribution in [2.75, 3.05) is 0 Å². The van der Waals surface area contributed by atoms with Gasteiger partial charge in [-0.05, 0) is 24.1 Å². The largest absolute Gasteiger partial charge is 0.411 e. The number of aromatic nitrogens is 3. The predicted molar refractivity (Wildman–Crippen MR) is 95.1 cm³/mol. The van der Waals surface area contributed by atoms with Gasteiger partial charge in [-0.25, -0.2) is 0 Å². The van der Waals surface area contributed by atoms with Crippen LogP contribution in [0.2, 0.25) is 0 Å². The van der Waals surface area contributed by atoms with Gasteiger partial charge < -0.3 is 4.42 Å². The van der Waals surface area contributed by atoms with Crippen molar-refractivity contribution in [3.8, 4) is 11.5 Å². The first-order chi connectivity index (χ1) is 11.6. The molecule has 0 N–H and O–H groups in total. The van der Waals surface area contributed by atoms with Crippen LogP contribution in [0.5, 0.6) is 0 Å². The van der Waals surface area contributed by atoms with E-state index >= 15 is 0 Å². The van der Waals surface area contributed by atoms with E-state index < -0.39 is 4.33 Å². The molecule has 1 aliphatic carbocycles. The van der Waals surface area contributed by atoms with Crippen LogP contribution in [0.1, 0.15) is 17.2 Å². The Morgan fingerprint density at radius 3 is 2.58 bits per heavy atom. The third kappa shape index (κ3) is 3.29. The van der Waals surface area contributed by atoms with Crippen LogP contribution in [-0.2, 0) is 0 Å². The standard InChI is InChI=1S/C17H13Cl2N3OS/c18-17(19)9-13(17)14(11-5-2-1-3-6-11)24-16-22-21-15(23-16)12-7-4-8-20-10-12/h1-8,10,13-14H,9H2. The normalized spacial score (nSPS) is 19.8. The summed E-state index contributed by atoms with van der Waals surface area (Å²) < 4.78 is 5.10. The van der Waals surface area contributed by atoms with E-state index in [1.807, 2.05) is 30.3 Å². The molecule has 0 bridgehead atoms. The molecular formula is C17H13Cl2N3OS. The number of hydrogen-bond acceptors (Lipinski definition) is 5. The number of alkyl halides is 2. The van der Waals surface area contributed by atoms with Crippen molar-refractivity contribution in [1.82, 2.24) is 15.2 Å². The lowest BCUT2D eigenvalue weighted by Gasteiger charge is -2.15. The van der Waals surface area contributed by atoms with Gasteiger partial charge in [-0.15, -0.1) is 33.4 Å². The molecule has 7 heteroatoms. The van der Waals surface area contributed by atoms with Gasteiger partial charge in [0.05, 0.1) is 5.56 Å². The monoisotopic (exact) mass is 377 g/mol. The number of hydrogen-bond donors (Lipinski definition) is 0. The number of rotatable bonds is 5. The van der Waals surface area contributed by atoms with Crippen LogP contribution in [0, 0.1) is 5.92 Å². The van der Waals surface area contributed by atoms with Crippen LogP contribution in [0.25, 0.3) is 11.5 Å². The molecule has 0 radical (unpaired) electrons. The van der Waals surface area contributed by atoms with Gasteiger partial charge in [0.15, 0.2) is 0 Å². The highest BCUT2D eigenvalue weighted by Gasteiger charge is 2.56. The number of thioether (sulfide) groups is 1. The van der Waals surface area contributed by atoms with E-state index in [0.29, 0.717) is 11.1 Å². The molecule has 24 heavy (non-hydrogen) atoms. The van der Waals surface area contributed by atoms with Crippen molar-refractivity contribution in [3.63, 3.8) is 0 Å². The molecule has 0 amide bonds. The predicted octanol–water partition coefficient (Wildman–Crippen LogP) is 5.16. The fourth-order valence-corrected chi connectivity index (χ4v) is 4.51. The van der Waals surface area contributed by atoms with Crippen LogP contribution in [-0.4, -0.2) is 19.5 Å². The molecule has 0 aliphatic heterocycles. The average molecular weight is 378 g/mol. The quantitative estimate of drug-likeness (QED) is 0.454. The Bertz CT molecular complexity index is 826. The molecule has 2 aromatic heterocycles. The molecule has 1 fully saturated rings. The van der Waals surface area contributed by atoms with Crippen LogP contribution in [0.15, 0.2) is 64.5 Å². The lowest BCUT2D eigenvalue weighted by molar-refractivity contribution is 0.464. The van der Waals surface area contributed by atoms with Crippen molar-refractivity contribution in [2.45, 2.75) is 21.2 Å². The third-order valence-electron chi connectivity index (χ3n) is 3.91. The van der Waals surface area contributed by atoms with Gasteiger partial charge in [-0.1, -0.05) is 42.1 Å². The van der Waals surface area contributed by atoms with Crippen molar-refractivity contribution >= 4 is 35.0 Å². The van der Waals surface area contributed by atoms with Gasteiger partial charge in [0.25, 0.3) is 5.22 Å². The maximum atomic E-state index is 6.30. The molecule has 1 aliphatic rings. The molecule has 1 saturated carbocycles. The molecule has 0 saturated heterocycles. The smallest absolute Gasteiger partial charge is 0.277 e. The zero-order valence-electron chi connectivity index (χ0n) is 12.5. The molecule has 0 spiro atoms. The lowest BCUT2D eigenvalue weighted by atomic mass is 10.1. The first-order valence-electron chi connectivity index (χ1n) is 7.47. The van der Waals surface area contributed by atoms with Crippen LogP contribution >= 0.6 is 35.0 Å². The topological polar surface area (TPSA) is 51.8 Å². The number of nitrogens with zero attached hydrogens (tertiary/aromatic N) is 3. The Hall–Kier alpha value is -1.56. The molecule has 1 aromatic carbocycles. The van der Waals surface area contributed by atoms with Crippen molar-refractivity contribution in [3.05, 3.63) is 60.4 Å². The van der Waals surface area contributed by atoms with E-state index in [2.05, 4.69) is 27.3 Å². The lowest BCUT2D eigenvalue weighted by Crippen LogP contribution is -2.02. The van der Waals surface area contributed by atoms with Gasteiger partial charge >= 0.3 is 0 Å². The van der Waals surface area contributed by atoms with E-state index in [9.17, 15) is 0 Å². The second-order valence-corrected chi connectivity index (χ2v) is 8.27. The summed E-state index contributed by atoms with van der Waals surface area (Å²) in [5, 5.41) is 8.83. The van der Waals surface area contributed by atoms with Crippen LogP contribution in [0.3, 0.4) is 0 Å². The highest BCUT2D eigenvalue weighted by Crippen LogP contribution is 2.63. The minimum Gasteiger partial charge on any atom is -0.411 e. The highest BCUT2D eigenvalue weighted by molar-refractivity contribution is 7.99. The summed E-state index contributed by atoms with van der Waals surface area (Å²) in [5.74, 6) is 0.609. The number of pyridine rings is 1. The van der Waals surface area contributed by atoms with Gasteiger partial charge in [0.1, 0.15) is 4.33 Å². The Morgan fingerprint density at radius 1 is 1.12 bits per heavy atom. The first-order valence-corrected chi connectivity index (χ1v) is 9.10. The molecule has 4 nitrogen and oxygen atoms in total. The number of halogens is 2. The summed E-state index contributed by atoms with van der Waals surface area (Å²) in [6.07, 6.45) is 4.15.